The number of hydrogen-bond acceptors (Lipinski definition) is 4. The summed E-state index contributed by atoms with van der Waals surface area (Å²) >= 11 is 1.49. The van der Waals surface area contributed by atoms with Gasteiger partial charge < -0.3 is 9.64 Å². The number of para-hydroxylation sites is 2. The molecule has 0 N–H and O–H groups in total. The molecule has 5 nitrogen and oxygen atoms in total. The van der Waals surface area contributed by atoms with E-state index in [9.17, 15) is 4.79 Å². The molecule has 0 atom stereocenters. The summed E-state index contributed by atoms with van der Waals surface area (Å²) in [4.78, 5) is 19.5. The summed E-state index contributed by atoms with van der Waals surface area (Å²) in [5.74, 6) is 1.35. The Kier molecular flexibility index (Phi) is 6.74. The average molecular weight is 422 g/mol. The van der Waals surface area contributed by atoms with Crippen molar-refractivity contribution in [3.05, 3.63) is 60.8 Å². The highest BCUT2D eigenvalue weighted by Crippen LogP contribution is 2.34. The van der Waals surface area contributed by atoms with Crippen LogP contribution in [-0.4, -0.2) is 46.3 Å². The molecule has 0 aliphatic carbocycles. The van der Waals surface area contributed by atoms with E-state index >= 15 is 0 Å². The van der Waals surface area contributed by atoms with Crippen LogP contribution < -0.4 is 4.74 Å². The molecule has 30 heavy (non-hydrogen) atoms. The minimum absolute atomic E-state index is 0.192. The van der Waals surface area contributed by atoms with Crippen LogP contribution in [0.5, 0.6) is 5.75 Å². The van der Waals surface area contributed by atoms with Crippen molar-refractivity contribution in [2.75, 3.05) is 26.0 Å². The predicted octanol–water partition coefficient (Wildman–Crippen LogP) is 5.04. The van der Waals surface area contributed by atoms with Gasteiger partial charge in [-0.3, -0.25) is 9.36 Å². The number of carbonyl (C=O) groups excluding carboxylic acids is 1. The van der Waals surface area contributed by atoms with E-state index in [2.05, 4.69) is 21.7 Å². The molecule has 1 amide bonds. The van der Waals surface area contributed by atoms with Crippen molar-refractivity contribution in [3.8, 4) is 22.7 Å². The minimum atomic E-state index is 0.192. The van der Waals surface area contributed by atoms with Crippen LogP contribution in [0, 0.1) is 0 Å². The predicted molar refractivity (Wildman–Crippen MR) is 121 cm³/mol. The van der Waals surface area contributed by atoms with E-state index in [0.29, 0.717) is 5.75 Å². The first-order valence-corrected chi connectivity index (χ1v) is 11.4. The topological polar surface area (TPSA) is 47.4 Å². The maximum absolute atomic E-state index is 12.8. The van der Waals surface area contributed by atoms with Crippen molar-refractivity contribution in [2.24, 2.45) is 0 Å². The number of carbonyl (C=O) groups is 1. The van der Waals surface area contributed by atoms with Crippen molar-refractivity contribution < 1.29 is 9.53 Å². The molecule has 1 aliphatic rings. The zero-order valence-electron chi connectivity index (χ0n) is 17.3. The minimum Gasteiger partial charge on any atom is -0.495 e. The summed E-state index contributed by atoms with van der Waals surface area (Å²) in [6.07, 6.45) is 6.51. The van der Waals surface area contributed by atoms with Crippen LogP contribution in [0.1, 0.15) is 25.7 Å². The fraction of sp³-hybridized carbons (Fsp3) is 0.333. The summed E-state index contributed by atoms with van der Waals surface area (Å²) in [6.45, 7) is 1.74. The monoisotopic (exact) mass is 421 g/mol. The number of nitrogens with zero attached hydrogens (tertiary/aromatic N) is 3. The SMILES string of the molecule is COc1ccccc1-n1c(-c2ccccc2)cnc1SCC(=O)N1CCCCCC1. The maximum Gasteiger partial charge on any atom is 0.233 e. The summed E-state index contributed by atoms with van der Waals surface area (Å²) in [6, 6.07) is 18.1. The van der Waals surface area contributed by atoms with Crippen LogP contribution in [-0.2, 0) is 4.79 Å². The fourth-order valence-corrected chi connectivity index (χ4v) is 4.72. The summed E-state index contributed by atoms with van der Waals surface area (Å²) in [7, 11) is 1.67. The number of methoxy groups -OCH3 is 1. The van der Waals surface area contributed by atoms with Gasteiger partial charge in [0.25, 0.3) is 0 Å². The van der Waals surface area contributed by atoms with Gasteiger partial charge in [0.15, 0.2) is 5.16 Å². The maximum atomic E-state index is 12.8. The van der Waals surface area contributed by atoms with Gasteiger partial charge in [-0.2, -0.15) is 0 Å². The van der Waals surface area contributed by atoms with Crippen LogP contribution in [0.3, 0.4) is 0 Å². The van der Waals surface area contributed by atoms with Crippen LogP contribution >= 0.6 is 11.8 Å². The Hall–Kier alpha value is -2.73. The first-order chi connectivity index (χ1) is 14.8. The van der Waals surface area contributed by atoms with Gasteiger partial charge in [0.2, 0.25) is 5.91 Å². The molecule has 0 radical (unpaired) electrons. The van der Waals surface area contributed by atoms with Crippen LogP contribution in [0.15, 0.2) is 66.0 Å². The van der Waals surface area contributed by atoms with Gasteiger partial charge in [0.1, 0.15) is 5.75 Å². The normalized spacial score (nSPS) is 14.4. The number of hydrogen-bond donors (Lipinski definition) is 0. The van der Waals surface area contributed by atoms with Gasteiger partial charge in [0, 0.05) is 18.7 Å². The number of aromatic nitrogens is 2. The molecule has 0 saturated carbocycles. The van der Waals surface area contributed by atoms with E-state index in [-0.39, 0.29) is 5.91 Å². The van der Waals surface area contributed by atoms with Crippen LogP contribution in [0.2, 0.25) is 0 Å². The highest BCUT2D eigenvalue weighted by molar-refractivity contribution is 7.99. The summed E-state index contributed by atoms with van der Waals surface area (Å²) in [5.41, 5.74) is 2.97. The molecule has 1 aromatic heterocycles. The van der Waals surface area contributed by atoms with Gasteiger partial charge in [0.05, 0.1) is 30.4 Å². The fourth-order valence-electron chi connectivity index (χ4n) is 3.83. The molecule has 156 valence electrons. The molecule has 1 saturated heterocycles. The van der Waals surface area contributed by atoms with E-state index in [1.165, 1.54) is 24.6 Å². The first-order valence-electron chi connectivity index (χ1n) is 10.4. The molecular weight excluding hydrogens is 394 g/mol. The molecule has 1 fully saturated rings. The van der Waals surface area contributed by atoms with E-state index in [4.69, 9.17) is 4.74 Å². The second-order valence-corrected chi connectivity index (χ2v) is 8.33. The number of ether oxygens (including phenoxy) is 1. The first kappa shape index (κ1) is 20.5. The number of imidazole rings is 1. The van der Waals surface area contributed by atoms with E-state index in [0.717, 1.165) is 53.8 Å². The second kappa shape index (κ2) is 9.85. The van der Waals surface area contributed by atoms with Gasteiger partial charge in [-0.05, 0) is 25.0 Å². The number of amides is 1. The standard InChI is InChI=1S/C24H27N3O2S/c1-29-22-14-8-7-13-20(22)27-21(19-11-5-4-6-12-19)17-25-24(27)30-18-23(28)26-15-9-2-3-10-16-26/h4-8,11-14,17H,2-3,9-10,15-16,18H2,1H3. The Morgan fingerprint density at radius 1 is 1.00 bits per heavy atom. The van der Waals surface area contributed by atoms with E-state index < -0.39 is 0 Å². The molecule has 1 aliphatic heterocycles. The quantitative estimate of drug-likeness (QED) is 0.523. The number of benzene rings is 2. The van der Waals surface area contributed by atoms with Crippen molar-refractivity contribution >= 4 is 17.7 Å². The third-order valence-corrected chi connectivity index (χ3v) is 6.35. The molecule has 4 rings (SSSR count). The molecule has 0 unspecified atom stereocenters. The molecule has 0 bridgehead atoms. The van der Waals surface area contributed by atoms with Crippen LogP contribution in [0.25, 0.3) is 16.9 Å². The van der Waals surface area contributed by atoms with Crippen LogP contribution in [0.4, 0.5) is 0 Å². The van der Waals surface area contributed by atoms with Gasteiger partial charge >= 0.3 is 0 Å². The van der Waals surface area contributed by atoms with Gasteiger partial charge in [-0.15, -0.1) is 0 Å². The van der Waals surface area contributed by atoms with Gasteiger partial charge in [-0.25, -0.2) is 4.98 Å². The molecule has 3 aromatic rings. The molecule has 2 heterocycles. The Morgan fingerprint density at radius 2 is 1.70 bits per heavy atom. The van der Waals surface area contributed by atoms with Gasteiger partial charge in [-0.1, -0.05) is 67.1 Å². The molecule has 0 spiro atoms. The van der Waals surface area contributed by atoms with E-state index in [1.807, 2.05) is 53.6 Å². The Labute approximate surface area is 182 Å². The van der Waals surface area contributed by atoms with Crippen molar-refractivity contribution in [1.29, 1.82) is 0 Å². The summed E-state index contributed by atoms with van der Waals surface area (Å²) < 4.78 is 7.71. The lowest BCUT2D eigenvalue weighted by atomic mass is 10.1. The highest BCUT2D eigenvalue weighted by atomic mass is 32.2. The molecule has 6 heteroatoms. The van der Waals surface area contributed by atoms with Crippen molar-refractivity contribution in [1.82, 2.24) is 14.5 Å². The zero-order valence-corrected chi connectivity index (χ0v) is 18.1. The molecule has 2 aromatic carbocycles. The highest BCUT2D eigenvalue weighted by Gasteiger charge is 2.20. The largest absolute Gasteiger partial charge is 0.495 e. The zero-order chi connectivity index (χ0) is 20.8. The Balaban J connectivity index is 1.64. The summed E-state index contributed by atoms with van der Waals surface area (Å²) in [5, 5.41) is 0.793. The smallest absolute Gasteiger partial charge is 0.233 e. The van der Waals surface area contributed by atoms with Crippen molar-refractivity contribution in [3.63, 3.8) is 0 Å². The lowest BCUT2D eigenvalue weighted by Crippen LogP contribution is -2.33. The Morgan fingerprint density at radius 3 is 2.43 bits per heavy atom. The number of thioether (sulfide) groups is 1. The third kappa shape index (κ3) is 4.54. The average Bonchev–Trinajstić information content (AvgIpc) is 3.02. The van der Waals surface area contributed by atoms with Crippen molar-refractivity contribution in [2.45, 2.75) is 30.8 Å². The molecular formula is C24H27N3O2S. The Bertz CT molecular complexity index is 979. The number of likely N-dealkylation sites (tertiary alicyclic amines) is 1. The lowest BCUT2D eigenvalue weighted by molar-refractivity contribution is -0.128. The lowest BCUT2D eigenvalue weighted by Gasteiger charge is -2.20. The second-order valence-electron chi connectivity index (χ2n) is 7.38. The van der Waals surface area contributed by atoms with E-state index in [1.54, 1.807) is 7.11 Å². The third-order valence-electron chi connectivity index (χ3n) is 5.41. The number of rotatable bonds is 6.